The van der Waals surface area contributed by atoms with E-state index in [0.717, 1.165) is 53.2 Å². The lowest BCUT2D eigenvalue weighted by molar-refractivity contribution is 0.213. The summed E-state index contributed by atoms with van der Waals surface area (Å²) in [5.41, 5.74) is 5.52. The first-order valence-electron chi connectivity index (χ1n) is 10.3. The first kappa shape index (κ1) is 22.5. The number of rotatable bonds is 11. The molecule has 0 aliphatic heterocycles. The van der Waals surface area contributed by atoms with E-state index in [9.17, 15) is 0 Å². The van der Waals surface area contributed by atoms with E-state index in [1.165, 1.54) is 5.56 Å². The molecule has 2 aromatic carbocycles. The maximum Gasteiger partial charge on any atom is 0.125 e. The van der Waals surface area contributed by atoms with Gasteiger partial charge in [-0.3, -0.25) is 0 Å². The molecule has 0 heterocycles. The number of benzene rings is 2. The molecule has 4 nitrogen and oxygen atoms in total. The average Bonchev–Trinajstić information content (AvgIpc) is 2.71. The lowest BCUT2D eigenvalue weighted by Gasteiger charge is -2.14. The van der Waals surface area contributed by atoms with E-state index >= 15 is 0 Å². The van der Waals surface area contributed by atoms with Gasteiger partial charge in [-0.1, -0.05) is 54.9 Å². The summed E-state index contributed by atoms with van der Waals surface area (Å²) in [6.07, 6.45) is 6.77. The summed E-state index contributed by atoms with van der Waals surface area (Å²) in [4.78, 5) is 4.97. The molecule has 0 atom stereocenters. The Labute approximate surface area is 175 Å². The third-order valence-corrected chi connectivity index (χ3v) is 4.63. The van der Waals surface area contributed by atoms with Crippen LogP contribution in [-0.2, 0) is 11.3 Å². The molecule has 0 N–H and O–H groups in total. The smallest absolute Gasteiger partial charge is 0.125 e. The summed E-state index contributed by atoms with van der Waals surface area (Å²) < 4.78 is 11.8. The number of ether oxygens (including phenoxy) is 2. The first-order chi connectivity index (χ1) is 14.1. The Hall–Kier alpha value is -2.75. The van der Waals surface area contributed by atoms with Crippen molar-refractivity contribution in [2.45, 2.75) is 47.0 Å². The Morgan fingerprint density at radius 3 is 2.31 bits per heavy atom. The van der Waals surface area contributed by atoms with Crippen LogP contribution in [0.4, 0.5) is 0 Å². The predicted molar refractivity (Wildman–Crippen MR) is 120 cm³/mol. The molecular formula is C25H33NO3. The largest absolute Gasteiger partial charge is 0.493 e. The van der Waals surface area contributed by atoms with E-state index < -0.39 is 0 Å². The number of allylic oxidation sites excluding steroid dienone is 1. The van der Waals surface area contributed by atoms with Gasteiger partial charge in [-0.15, -0.1) is 0 Å². The molecule has 2 aromatic rings. The van der Waals surface area contributed by atoms with Crippen molar-refractivity contribution < 1.29 is 14.3 Å². The second kappa shape index (κ2) is 11.9. The standard InChI is InChI=1S/C25H33NO3/c1-6-8-15-28-23-17-19(3)25(20(4)18-23)29-16-14-21-10-12-22(13-11-21)24(9-7-2)26-27-5/h6,8,10-13,17-18H,7,9,14-16H2,1-5H3/b8-6+,26-24?. The van der Waals surface area contributed by atoms with Gasteiger partial charge in [-0.25, -0.2) is 0 Å². The van der Waals surface area contributed by atoms with Gasteiger partial charge in [-0.2, -0.15) is 0 Å². The molecule has 156 valence electrons. The highest BCUT2D eigenvalue weighted by atomic mass is 16.6. The first-order valence-corrected chi connectivity index (χ1v) is 10.3. The molecule has 0 fully saturated rings. The summed E-state index contributed by atoms with van der Waals surface area (Å²) >= 11 is 0. The third kappa shape index (κ3) is 6.97. The molecule has 0 saturated heterocycles. The molecule has 0 aliphatic rings. The van der Waals surface area contributed by atoms with E-state index in [4.69, 9.17) is 14.3 Å². The minimum atomic E-state index is 0.584. The molecule has 0 radical (unpaired) electrons. The zero-order chi connectivity index (χ0) is 21.1. The molecule has 0 unspecified atom stereocenters. The van der Waals surface area contributed by atoms with Crippen molar-refractivity contribution in [3.63, 3.8) is 0 Å². The lowest BCUT2D eigenvalue weighted by atomic mass is 10.0. The monoisotopic (exact) mass is 395 g/mol. The Bertz CT molecular complexity index is 799. The van der Waals surface area contributed by atoms with E-state index in [1.807, 2.05) is 31.2 Å². The highest BCUT2D eigenvalue weighted by Crippen LogP contribution is 2.28. The van der Waals surface area contributed by atoms with Crippen molar-refractivity contribution in [1.82, 2.24) is 0 Å². The minimum Gasteiger partial charge on any atom is -0.493 e. The zero-order valence-electron chi connectivity index (χ0n) is 18.3. The van der Waals surface area contributed by atoms with E-state index in [2.05, 4.69) is 50.2 Å². The molecule has 0 aliphatic carbocycles. The second-order valence-electron chi connectivity index (χ2n) is 7.03. The van der Waals surface area contributed by atoms with Crippen molar-refractivity contribution >= 4 is 5.71 Å². The number of hydrogen-bond donors (Lipinski definition) is 0. The highest BCUT2D eigenvalue weighted by Gasteiger charge is 2.08. The Morgan fingerprint density at radius 1 is 1.03 bits per heavy atom. The van der Waals surface area contributed by atoms with Crippen LogP contribution in [0.1, 0.15) is 48.9 Å². The van der Waals surface area contributed by atoms with Crippen LogP contribution in [0.2, 0.25) is 0 Å². The quantitative estimate of drug-likeness (QED) is 0.265. The van der Waals surface area contributed by atoms with Crippen LogP contribution in [0.5, 0.6) is 11.5 Å². The number of aryl methyl sites for hydroxylation is 2. The highest BCUT2D eigenvalue weighted by molar-refractivity contribution is 6.00. The van der Waals surface area contributed by atoms with Crippen molar-refractivity contribution in [2.75, 3.05) is 20.3 Å². The Morgan fingerprint density at radius 2 is 1.72 bits per heavy atom. The zero-order valence-corrected chi connectivity index (χ0v) is 18.3. The van der Waals surface area contributed by atoms with Crippen LogP contribution in [-0.4, -0.2) is 26.0 Å². The van der Waals surface area contributed by atoms with E-state index in [1.54, 1.807) is 7.11 Å². The predicted octanol–water partition coefficient (Wildman–Crippen LogP) is 6.03. The molecule has 29 heavy (non-hydrogen) atoms. The summed E-state index contributed by atoms with van der Waals surface area (Å²) in [6, 6.07) is 12.6. The van der Waals surface area contributed by atoms with Gasteiger partial charge < -0.3 is 14.3 Å². The maximum atomic E-state index is 6.09. The molecule has 0 aromatic heterocycles. The van der Waals surface area contributed by atoms with Crippen LogP contribution in [0.15, 0.2) is 53.7 Å². The van der Waals surface area contributed by atoms with Crippen molar-refractivity contribution in [3.8, 4) is 11.5 Å². The fraction of sp³-hybridized carbons (Fsp3) is 0.400. The van der Waals surface area contributed by atoms with Crippen LogP contribution < -0.4 is 9.47 Å². The minimum absolute atomic E-state index is 0.584. The van der Waals surface area contributed by atoms with Gasteiger partial charge in [0.2, 0.25) is 0 Å². The van der Waals surface area contributed by atoms with Gasteiger partial charge in [-0.05, 0) is 61.6 Å². The number of oxime groups is 1. The van der Waals surface area contributed by atoms with Crippen LogP contribution in [0.3, 0.4) is 0 Å². The second-order valence-corrected chi connectivity index (χ2v) is 7.03. The maximum absolute atomic E-state index is 6.09. The summed E-state index contributed by atoms with van der Waals surface area (Å²) in [6.45, 7) is 9.46. The van der Waals surface area contributed by atoms with Gasteiger partial charge in [0.15, 0.2) is 0 Å². The van der Waals surface area contributed by atoms with Gasteiger partial charge in [0.1, 0.15) is 25.2 Å². The van der Waals surface area contributed by atoms with Crippen molar-refractivity contribution in [1.29, 1.82) is 0 Å². The Kier molecular flexibility index (Phi) is 9.29. The third-order valence-electron chi connectivity index (χ3n) is 4.63. The molecule has 4 heteroatoms. The fourth-order valence-corrected chi connectivity index (χ4v) is 3.19. The molecular weight excluding hydrogens is 362 g/mol. The molecule has 0 saturated carbocycles. The molecule has 0 amide bonds. The normalized spacial score (nSPS) is 11.7. The van der Waals surface area contributed by atoms with Gasteiger partial charge in [0.05, 0.1) is 12.3 Å². The average molecular weight is 396 g/mol. The SMILES string of the molecule is C/C=C/COc1cc(C)c(OCCc2ccc(C(CCC)=NOC)cc2)c(C)c1. The summed E-state index contributed by atoms with van der Waals surface area (Å²) in [5.74, 6) is 1.82. The van der Waals surface area contributed by atoms with E-state index in [-0.39, 0.29) is 0 Å². The molecule has 0 spiro atoms. The summed E-state index contributed by atoms with van der Waals surface area (Å²) in [5, 5.41) is 4.14. The van der Waals surface area contributed by atoms with Crippen molar-refractivity contribution in [2.24, 2.45) is 5.16 Å². The number of hydrogen-bond acceptors (Lipinski definition) is 4. The Balaban J connectivity index is 1.95. The fourth-order valence-electron chi connectivity index (χ4n) is 3.19. The van der Waals surface area contributed by atoms with Crippen molar-refractivity contribution in [3.05, 3.63) is 70.8 Å². The lowest BCUT2D eigenvalue weighted by Crippen LogP contribution is -2.05. The number of nitrogens with zero attached hydrogens (tertiary/aromatic N) is 1. The van der Waals surface area contributed by atoms with Gasteiger partial charge in [0.25, 0.3) is 0 Å². The van der Waals surface area contributed by atoms with Gasteiger partial charge in [0, 0.05) is 6.42 Å². The molecule has 0 bridgehead atoms. The topological polar surface area (TPSA) is 40.0 Å². The summed E-state index contributed by atoms with van der Waals surface area (Å²) in [7, 11) is 1.59. The van der Waals surface area contributed by atoms with E-state index in [0.29, 0.717) is 13.2 Å². The van der Waals surface area contributed by atoms with Crippen LogP contribution >= 0.6 is 0 Å². The van der Waals surface area contributed by atoms with Crippen LogP contribution in [0.25, 0.3) is 0 Å². The van der Waals surface area contributed by atoms with Gasteiger partial charge >= 0.3 is 0 Å². The molecule has 2 rings (SSSR count). The van der Waals surface area contributed by atoms with Crippen LogP contribution in [0, 0.1) is 13.8 Å².